The molecule has 1 atom stereocenters. The lowest BCUT2D eigenvalue weighted by molar-refractivity contribution is 0.170. The van der Waals surface area contributed by atoms with Gasteiger partial charge in [0.2, 0.25) is 0 Å². The van der Waals surface area contributed by atoms with Gasteiger partial charge in [-0.3, -0.25) is 9.88 Å². The first-order chi connectivity index (χ1) is 12.6. The number of benzene rings is 1. The first kappa shape index (κ1) is 23.5. The van der Waals surface area contributed by atoms with E-state index in [1.807, 2.05) is 12.3 Å². The standard InChI is InChI=1S/C20H28N2.H3O4P/c1-16(2)22(17(3)4)15-13-19(18-10-6-5-7-11-18)20-12-8-9-14-21-20;1-5(2,3)4/h5-12,14,16-17,19H,13,15H2,1-4H3;(H3,1,2,3,4). The van der Waals surface area contributed by atoms with Gasteiger partial charge in [-0.25, -0.2) is 4.57 Å². The minimum absolute atomic E-state index is 0.363. The van der Waals surface area contributed by atoms with E-state index in [-0.39, 0.29) is 0 Å². The van der Waals surface area contributed by atoms with E-state index >= 15 is 0 Å². The van der Waals surface area contributed by atoms with Gasteiger partial charge in [-0.2, -0.15) is 0 Å². The Bertz CT molecular complexity index is 634. The van der Waals surface area contributed by atoms with Crippen LogP contribution in [0, 0.1) is 0 Å². The maximum absolute atomic E-state index is 8.88. The van der Waals surface area contributed by atoms with Gasteiger partial charge in [0.15, 0.2) is 0 Å². The molecule has 0 saturated carbocycles. The van der Waals surface area contributed by atoms with Crippen molar-refractivity contribution in [2.45, 2.75) is 52.1 Å². The monoisotopic (exact) mass is 394 g/mol. The lowest BCUT2D eigenvalue weighted by atomic mass is 9.91. The van der Waals surface area contributed by atoms with E-state index in [2.05, 4.69) is 80.0 Å². The van der Waals surface area contributed by atoms with Crippen LogP contribution in [-0.2, 0) is 4.57 Å². The van der Waals surface area contributed by atoms with Crippen LogP contribution in [0.5, 0.6) is 0 Å². The Kier molecular flexibility index (Phi) is 9.84. The van der Waals surface area contributed by atoms with Crippen LogP contribution in [0.2, 0.25) is 0 Å². The molecule has 3 N–H and O–H groups in total. The minimum atomic E-state index is -4.64. The molecule has 0 aliphatic carbocycles. The van der Waals surface area contributed by atoms with Crippen molar-refractivity contribution >= 4 is 7.82 Å². The summed E-state index contributed by atoms with van der Waals surface area (Å²) in [5.74, 6) is 0.363. The third-order valence-corrected chi connectivity index (χ3v) is 4.25. The highest BCUT2D eigenvalue weighted by molar-refractivity contribution is 7.45. The lowest BCUT2D eigenvalue weighted by Gasteiger charge is -2.32. The smallest absolute Gasteiger partial charge is 0.303 e. The zero-order valence-electron chi connectivity index (χ0n) is 16.4. The van der Waals surface area contributed by atoms with Crippen molar-refractivity contribution in [1.82, 2.24) is 9.88 Å². The molecule has 1 aromatic carbocycles. The highest BCUT2D eigenvalue weighted by atomic mass is 31.2. The van der Waals surface area contributed by atoms with Crippen LogP contribution < -0.4 is 0 Å². The average Bonchev–Trinajstić information content (AvgIpc) is 2.58. The van der Waals surface area contributed by atoms with E-state index in [1.165, 1.54) is 11.3 Å². The van der Waals surface area contributed by atoms with Gasteiger partial charge in [-0.15, -0.1) is 0 Å². The van der Waals surface area contributed by atoms with Gasteiger partial charge in [0, 0.05) is 29.9 Å². The third kappa shape index (κ3) is 9.80. The lowest BCUT2D eigenvalue weighted by Crippen LogP contribution is -2.38. The zero-order chi connectivity index (χ0) is 20.4. The summed E-state index contributed by atoms with van der Waals surface area (Å²) in [6.07, 6.45) is 2.99. The summed E-state index contributed by atoms with van der Waals surface area (Å²) in [6.45, 7) is 10.2. The SMILES string of the molecule is CC(C)N(CCC(c1ccccc1)c1ccccn1)C(C)C.O=P(O)(O)O. The molecule has 0 aliphatic heterocycles. The van der Waals surface area contributed by atoms with Gasteiger partial charge in [0.1, 0.15) is 0 Å². The maximum Gasteiger partial charge on any atom is 0.466 e. The molecule has 7 heteroatoms. The summed E-state index contributed by atoms with van der Waals surface area (Å²) in [6, 6.07) is 18.1. The molecule has 1 aromatic heterocycles. The van der Waals surface area contributed by atoms with Crippen LogP contribution in [0.1, 0.15) is 51.3 Å². The quantitative estimate of drug-likeness (QED) is 0.619. The van der Waals surface area contributed by atoms with Crippen LogP contribution in [0.25, 0.3) is 0 Å². The van der Waals surface area contributed by atoms with Crippen molar-refractivity contribution in [2.24, 2.45) is 0 Å². The summed E-state index contributed by atoms with van der Waals surface area (Å²) in [4.78, 5) is 28.7. The first-order valence-corrected chi connectivity index (χ1v) is 10.7. The predicted octanol–water partition coefficient (Wildman–Crippen LogP) is 3.79. The second-order valence-corrected chi connectivity index (χ2v) is 7.97. The molecule has 27 heavy (non-hydrogen) atoms. The highest BCUT2D eigenvalue weighted by Gasteiger charge is 2.19. The Balaban J connectivity index is 0.000000646. The van der Waals surface area contributed by atoms with Crippen molar-refractivity contribution in [1.29, 1.82) is 0 Å². The Hall–Kier alpha value is -1.56. The number of pyridine rings is 1. The summed E-state index contributed by atoms with van der Waals surface area (Å²) in [7, 11) is -4.64. The van der Waals surface area contributed by atoms with E-state index in [0.717, 1.165) is 13.0 Å². The molecular weight excluding hydrogens is 363 g/mol. The van der Waals surface area contributed by atoms with Gasteiger partial charge < -0.3 is 14.7 Å². The van der Waals surface area contributed by atoms with Crippen molar-refractivity contribution in [3.63, 3.8) is 0 Å². The largest absolute Gasteiger partial charge is 0.466 e. The highest BCUT2D eigenvalue weighted by Crippen LogP contribution is 2.27. The fraction of sp³-hybridized carbons (Fsp3) is 0.450. The molecule has 0 spiro atoms. The normalized spacial score (nSPS) is 12.8. The maximum atomic E-state index is 8.88. The van der Waals surface area contributed by atoms with Crippen LogP contribution in [0.15, 0.2) is 54.7 Å². The van der Waals surface area contributed by atoms with Crippen LogP contribution >= 0.6 is 7.82 Å². The molecule has 150 valence electrons. The molecule has 6 nitrogen and oxygen atoms in total. The molecule has 0 bridgehead atoms. The van der Waals surface area contributed by atoms with Gasteiger partial charge in [0.25, 0.3) is 0 Å². The summed E-state index contributed by atoms with van der Waals surface area (Å²) >= 11 is 0. The number of phosphoric acid groups is 1. The molecule has 1 heterocycles. The van der Waals surface area contributed by atoms with E-state index in [9.17, 15) is 0 Å². The van der Waals surface area contributed by atoms with E-state index in [0.29, 0.717) is 18.0 Å². The third-order valence-electron chi connectivity index (χ3n) is 4.25. The van der Waals surface area contributed by atoms with E-state index < -0.39 is 7.82 Å². The molecule has 0 saturated heterocycles. The molecule has 2 aromatic rings. The second-order valence-electron chi connectivity index (χ2n) is 6.95. The predicted molar refractivity (Wildman–Crippen MR) is 108 cm³/mol. The van der Waals surface area contributed by atoms with Crippen LogP contribution in [-0.4, -0.2) is 43.2 Å². The number of rotatable bonds is 7. The Morgan fingerprint density at radius 1 is 0.926 bits per heavy atom. The molecular formula is C20H31N2O4P. The van der Waals surface area contributed by atoms with Crippen LogP contribution in [0.4, 0.5) is 0 Å². The molecule has 0 fully saturated rings. The second kappa shape index (κ2) is 11.3. The Labute approximate surface area is 162 Å². The topological polar surface area (TPSA) is 93.9 Å². The fourth-order valence-electron chi connectivity index (χ4n) is 3.14. The number of hydrogen-bond acceptors (Lipinski definition) is 3. The Morgan fingerprint density at radius 3 is 1.89 bits per heavy atom. The minimum Gasteiger partial charge on any atom is -0.303 e. The van der Waals surface area contributed by atoms with Crippen molar-refractivity contribution in [3.05, 3.63) is 66.0 Å². The summed E-state index contributed by atoms with van der Waals surface area (Å²) in [5.41, 5.74) is 2.52. The van der Waals surface area contributed by atoms with E-state index in [1.54, 1.807) is 0 Å². The number of hydrogen-bond donors (Lipinski definition) is 3. The van der Waals surface area contributed by atoms with Gasteiger partial charge in [-0.1, -0.05) is 36.4 Å². The molecule has 0 aliphatic rings. The molecule has 0 amide bonds. The van der Waals surface area contributed by atoms with Crippen LogP contribution in [0.3, 0.4) is 0 Å². The van der Waals surface area contributed by atoms with Gasteiger partial charge >= 0.3 is 7.82 Å². The molecule has 1 unspecified atom stereocenters. The van der Waals surface area contributed by atoms with Gasteiger partial charge in [0.05, 0.1) is 0 Å². The first-order valence-electron chi connectivity index (χ1n) is 9.09. The summed E-state index contributed by atoms with van der Waals surface area (Å²) < 4.78 is 8.88. The average molecular weight is 394 g/mol. The van der Waals surface area contributed by atoms with Gasteiger partial charge in [-0.05, 0) is 58.4 Å². The molecule has 2 rings (SSSR count). The number of aromatic nitrogens is 1. The Morgan fingerprint density at radius 2 is 1.44 bits per heavy atom. The van der Waals surface area contributed by atoms with Crippen molar-refractivity contribution in [2.75, 3.05) is 6.54 Å². The fourth-order valence-corrected chi connectivity index (χ4v) is 3.14. The van der Waals surface area contributed by atoms with E-state index in [4.69, 9.17) is 19.2 Å². The van der Waals surface area contributed by atoms with Crippen molar-refractivity contribution < 1.29 is 19.2 Å². The number of nitrogens with zero attached hydrogens (tertiary/aromatic N) is 2. The molecule has 0 radical (unpaired) electrons. The zero-order valence-corrected chi connectivity index (χ0v) is 17.3. The summed E-state index contributed by atoms with van der Waals surface area (Å²) in [5, 5.41) is 0. The van der Waals surface area contributed by atoms with Crippen molar-refractivity contribution in [3.8, 4) is 0 Å².